The van der Waals surface area contributed by atoms with Gasteiger partial charge >= 0.3 is 5.88 Å². The van der Waals surface area contributed by atoms with Crippen molar-refractivity contribution in [1.82, 2.24) is 10.3 Å². The second-order valence-electron chi connectivity index (χ2n) is 6.74. The molecule has 2 N–H and O–H groups in total. The Balaban J connectivity index is 1.55. The number of amidine groups is 1. The molecular formula is C16H13BrFN5O6S. The predicted molar refractivity (Wildman–Crippen MR) is 104 cm³/mol. The van der Waals surface area contributed by atoms with Crippen molar-refractivity contribution in [3.05, 3.63) is 40.1 Å². The molecule has 1 fully saturated rings. The predicted octanol–water partition coefficient (Wildman–Crippen LogP) is 1.92. The van der Waals surface area contributed by atoms with Crippen LogP contribution in [-0.2, 0) is 19.8 Å². The average molecular weight is 502 g/mol. The molecule has 0 unspecified atom stereocenters. The lowest BCUT2D eigenvalue weighted by Gasteiger charge is -2.35. The number of nitrogens with zero attached hydrogens (tertiary/aromatic N) is 4. The number of hydrogen-bond donors (Lipinski definition) is 2. The fraction of sp³-hybridized carbons (Fsp3) is 0.312. The van der Waals surface area contributed by atoms with Crippen molar-refractivity contribution in [3.8, 4) is 0 Å². The molecule has 1 aromatic carbocycles. The van der Waals surface area contributed by atoms with Gasteiger partial charge in [0.15, 0.2) is 11.6 Å². The topological polar surface area (TPSA) is 147 Å². The Kier molecular flexibility index (Phi) is 5.32. The van der Waals surface area contributed by atoms with Gasteiger partial charge in [-0.1, -0.05) is 5.16 Å². The molecule has 11 nitrogen and oxygen atoms in total. The molecule has 0 radical (unpaired) electrons. The van der Waals surface area contributed by atoms with E-state index in [9.17, 15) is 17.6 Å². The van der Waals surface area contributed by atoms with Crippen molar-refractivity contribution in [2.24, 2.45) is 11.1 Å². The Morgan fingerprint density at radius 2 is 2.13 bits per heavy atom. The summed E-state index contributed by atoms with van der Waals surface area (Å²) in [6.07, 6.45) is 0.979. The fourth-order valence-corrected chi connectivity index (χ4v) is 4.49. The van der Waals surface area contributed by atoms with Gasteiger partial charge in [0.1, 0.15) is 5.82 Å². The summed E-state index contributed by atoms with van der Waals surface area (Å²) in [7, 11) is -4.03. The number of nitrogens with one attached hydrogen (secondary N) is 1. The van der Waals surface area contributed by atoms with Crippen LogP contribution in [0.5, 0.6) is 0 Å². The Hall–Kier alpha value is -2.80. The number of halogens is 2. The molecule has 14 heteroatoms. The first-order valence-corrected chi connectivity index (χ1v) is 11.0. The quantitative estimate of drug-likeness (QED) is 0.444. The Morgan fingerprint density at radius 1 is 1.37 bits per heavy atom. The van der Waals surface area contributed by atoms with E-state index in [0.717, 1.165) is 0 Å². The van der Waals surface area contributed by atoms with E-state index in [1.807, 2.05) is 0 Å². The van der Waals surface area contributed by atoms with Crippen molar-refractivity contribution < 1.29 is 31.6 Å². The van der Waals surface area contributed by atoms with E-state index in [-0.39, 0.29) is 45.4 Å². The van der Waals surface area contributed by atoms with Gasteiger partial charge in [-0.2, -0.15) is 8.42 Å². The highest BCUT2D eigenvalue weighted by molar-refractivity contribution is 9.10. The minimum absolute atomic E-state index is 0.0596. The maximum atomic E-state index is 13.6. The zero-order valence-corrected chi connectivity index (χ0v) is 17.4. The van der Waals surface area contributed by atoms with E-state index in [2.05, 4.69) is 36.7 Å². The highest BCUT2D eigenvalue weighted by Gasteiger charge is 2.37. The number of aromatic nitrogens is 2. The lowest BCUT2D eigenvalue weighted by molar-refractivity contribution is 0.248. The second kappa shape index (κ2) is 7.80. The van der Waals surface area contributed by atoms with Crippen LogP contribution in [0.3, 0.4) is 0 Å². The van der Waals surface area contributed by atoms with E-state index in [1.54, 1.807) is 5.94 Å². The van der Waals surface area contributed by atoms with Gasteiger partial charge in [-0.05, 0) is 63.2 Å². The molecule has 1 aromatic heterocycles. The van der Waals surface area contributed by atoms with E-state index in [1.165, 1.54) is 23.1 Å². The first-order valence-electron chi connectivity index (χ1n) is 8.55. The molecule has 2 aromatic rings. The Bertz CT molecular complexity index is 1170. The lowest BCUT2D eigenvalue weighted by atomic mass is 9.81. The number of anilines is 2. The smallest absolute Gasteiger partial charge is 0.320 e. The van der Waals surface area contributed by atoms with Gasteiger partial charge in [0, 0.05) is 6.04 Å². The summed E-state index contributed by atoms with van der Waals surface area (Å²) in [5, 5.41) is 14.5. The minimum Gasteiger partial charge on any atom is -0.362 e. The van der Waals surface area contributed by atoms with Crippen molar-refractivity contribution in [1.29, 1.82) is 0 Å². The molecule has 0 amide bonds. The lowest BCUT2D eigenvalue weighted by Crippen LogP contribution is -2.39. The van der Waals surface area contributed by atoms with Gasteiger partial charge in [-0.25, -0.2) is 18.7 Å². The largest absolute Gasteiger partial charge is 0.362 e. The number of rotatable bonds is 6. The first kappa shape index (κ1) is 20.5. The number of carbonyl (C=O) groups excluding carboxylic acids is 1. The minimum atomic E-state index is -4.03. The maximum absolute atomic E-state index is 13.6. The van der Waals surface area contributed by atoms with E-state index < -0.39 is 15.9 Å². The second-order valence-corrected chi connectivity index (χ2v) is 9.09. The van der Waals surface area contributed by atoms with Crippen molar-refractivity contribution >= 4 is 49.3 Å². The summed E-state index contributed by atoms with van der Waals surface area (Å²) in [5.74, 6) is 0.611. The van der Waals surface area contributed by atoms with Crippen molar-refractivity contribution in [2.45, 2.75) is 18.9 Å². The normalized spacial score (nSPS) is 21.0. The number of hydrogen-bond acceptors (Lipinski definition) is 10. The highest BCUT2D eigenvalue weighted by atomic mass is 79.9. The summed E-state index contributed by atoms with van der Waals surface area (Å²) in [4.78, 5) is 17.6. The molecule has 1 aliphatic carbocycles. The van der Waals surface area contributed by atoms with E-state index in [0.29, 0.717) is 18.5 Å². The fourth-order valence-electron chi connectivity index (χ4n) is 3.25. The first-order chi connectivity index (χ1) is 14.2. The van der Waals surface area contributed by atoms with Crippen LogP contribution in [-0.4, -0.2) is 46.9 Å². The van der Waals surface area contributed by atoms with Crippen LogP contribution in [0.1, 0.15) is 18.5 Å². The van der Waals surface area contributed by atoms with Gasteiger partial charge in [0.25, 0.3) is 10.1 Å². The van der Waals surface area contributed by atoms with E-state index in [4.69, 9.17) is 14.0 Å². The summed E-state index contributed by atoms with van der Waals surface area (Å²) in [6.45, 7) is 0. The van der Waals surface area contributed by atoms with Gasteiger partial charge in [-0.15, -0.1) is 0 Å². The molecule has 0 bridgehead atoms. The Morgan fingerprint density at radius 3 is 2.80 bits per heavy atom. The molecule has 0 spiro atoms. The Labute approximate surface area is 177 Å². The summed E-state index contributed by atoms with van der Waals surface area (Å²) in [6, 6.07) is 3.90. The molecule has 0 saturated heterocycles. The third-order valence-corrected chi connectivity index (χ3v) is 6.11. The molecule has 30 heavy (non-hydrogen) atoms. The van der Waals surface area contributed by atoms with Gasteiger partial charge in [0.05, 0.1) is 15.9 Å². The van der Waals surface area contributed by atoms with Crippen LogP contribution in [0.4, 0.5) is 15.9 Å². The van der Waals surface area contributed by atoms with Crippen LogP contribution in [0, 0.1) is 11.7 Å². The number of oxime groups is 1. The molecule has 1 saturated carbocycles. The molecule has 2 aliphatic rings. The third-order valence-electron chi connectivity index (χ3n) is 4.61. The van der Waals surface area contributed by atoms with Crippen LogP contribution in [0.15, 0.2) is 38.3 Å². The van der Waals surface area contributed by atoms with Gasteiger partial charge in [-0.3, -0.25) is 4.55 Å². The maximum Gasteiger partial charge on any atom is 0.320 e. The van der Waals surface area contributed by atoms with Gasteiger partial charge in [0.2, 0.25) is 11.7 Å². The average Bonchev–Trinajstić information content (AvgIpc) is 3.27. The van der Waals surface area contributed by atoms with Gasteiger partial charge < -0.3 is 10.2 Å². The summed E-state index contributed by atoms with van der Waals surface area (Å²) in [5.41, 5.74) is 0.475. The number of benzene rings is 1. The summed E-state index contributed by atoms with van der Waals surface area (Å²) < 4.78 is 49.4. The third kappa shape index (κ3) is 4.07. The van der Waals surface area contributed by atoms with Crippen LogP contribution in [0.2, 0.25) is 0 Å². The molecule has 1 aliphatic heterocycles. The highest BCUT2D eigenvalue weighted by Crippen LogP contribution is 2.34. The SMILES string of the molecule is O=C=C1ON=C(c2nonc2NC2CC(CS(=O)(=O)O)C2)N1c1ccc(F)c(Br)c1. The zero-order valence-electron chi connectivity index (χ0n) is 14.9. The molecule has 2 heterocycles. The zero-order chi connectivity index (χ0) is 21.5. The van der Waals surface area contributed by atoms with Crippen molar-refractivity contribution in [3.63, 3.8) is 0 Å². The molecule has 0 atom stereocenters. The molecule has 158 valence electrons. The van der Waals surface area contributed by atoms with Crippen LogP contribution >= 0.6 is 15.9 Å². The molecular weight excluding hydrogens is 489 g/mol. The monoisotopic (exact) mass is 501 g/mol. The van der Waals surface area contributed by atoms with Crippen LogP contribution in [0.25, 0.3) is 0 Å². The standard InChI is InChI=1S/C16H13BrFN5O6S/c17-11-5-10(1-2-12(11)18)23-13(6-24)28-22-16(23)14-15(21-29-20-14)19-9-3-8(4-9)7-30(25,26)27/h1-2,5,8-9H,3-4,7H2,(H,19,21)(H,25,26,27). The van der Waals surface area contributed by atoms with Crippen molar-refractivity contribution in [2.75, 3.05) is 16.0 Å². The van der Waals surface area contributed by atoms with E-state index >= 15 is 0 Å². The summed E-state index contributed by atoms with van der Waals surface area (Å²) >= 11 is 3.08. The van der Waals surface area contributed by atoms with Crippen LogP contribution < -0.4 is 10.2 Å². The molecule has 4 rings (SSSR count).